The van der Waals surface area contributed by atoms with Gasteiger partial charge in [-0.2, -0.15) is 10.2 Å². The standard InChI is InChI=1S/C20H30N4.2HI/c1-23(2,3)15-17-7-11-19(12-8-17)21-22-20-13-9-18(10-14-20)16-24(4,5)6;;/h7-14H,15-16H2,1-6H3;2*1H/q+2;;/p-2. The van der Waals surface area contributed by atoms with Crippen LogP contribution >= 0.6 is 0 Å². The second-order valence-electron chi connectivity index (χ2n) is 8.43. The molecule has 144 valence electrons. The van der Waals surface area contributed by atoms with Gasteiger partial charge in [-0.1, -0.05) is 24.3 Å². The molecule has 0 saturated carbocycles. The van der Waals surface area contributed by atoms with Gasteiger partial charge in [0.05, 0.1) is 53.7 Å². The largest absolute Gasteiger partial charge is 1.00 e. The Kier molecular flexibility index (Phi) is 10.4. The maximum absolute atomic E-state index is 4.33. The molecule has 0 unspecified atom stereocenters. The predicted octanol–water partition coefficient (Wildman–Crippen LogP) is -1.48. The fraction of sp³-hybridized carbons (Fsp3) is 0.400. The molecule has 6 heteroatoms. The summed E-state index contributed by atoms with van der Waals surface area (Å²) in [5.41, 5.74) is 4.39. The number of azo groups is 1. The van der Waals surface area contributed by atoms with E-state index < -0.39 is 0 Å². The van der Waals surface area contributed by atoms with Crippen molar-refractivity contribution in [3.05, 3.63) is 59.7 Å². The highest BCUT2D eigenvalue weighted by molar-refractivity contribution is 5.41. The van der Waals surface area contributed by atoms with Crippen molar-refractivity contribution in [2.24, 2.45) is 10.2 Å². The van der Waals surface area contributed by atoms with Gasteiger partial charge in [-0.3, -0.25) is 0 Å². The molecule has 0 aliphatic carbocycles. The summed E-state index contributed by atoms with van der Waals surface area (Å²) in [7, 11) is 13.1. The van der Waals surface area contributed by atoms with E-state index in [1.807, 2.05) is 24.3 Å². The Morgan fingerprint density at radius 1 is 0.538 bits per heavy atom. The first-order chi connectivity index (χ1) is 11.1. The zero-order chi connectivity index (χ0) is 17.8. The highest BCUT2D eigenvalue weighted by Gasteiger charge is 2.09. The number of hydrogen-bond donors (Lipinski definition) is 0. The lowest BCUT2D eigenvalue weighted by Crippen LogP contribution is -3.00. The summed E-state index contributed by atoms with van der Waals surface area (Å²) in [6.45, 7) is 2.01. The number of halogens is 2. The third kappa shape index (κ3) is 9.94. The molecule has 0 bridgehead atoms. The Morgan fingerprint density at radius 2 is 0.808 bits per heavy atom. The molecule has 2 aromatic carbocycles. The first-order valence-corrected chi connectivity index (χ1v) is 8.31. The number of hydrogen-bond acceptors (Lipinski definition) is 2. The third-order valence-electron chi connectivity index (χ3n) is 3.47. The molecule has 26 heavy (non-hydrogen) atoms. The van der Waals surface area contributed by atoms with E-state index in [1.165, 1.54) is 11.1 Å². The van der Waals surface area contributed by atoms with Gasteiger partial charge in [0.25, 0.3) is 0 Å². The zero-order valence-electron chi connectivity index (χ0n) is 16.6. The van der Waals surface area contributed by atoms with Crippen molar-refractivity contribution in [2.75, 3.05) is 42.3 Å². The minimum absolute atomic E-state index is 0. The number of nitrogens with zero attached hydrogens (tertiary/aromatic N) is 4. The topological polar surface area (TPSA) is 24.7 Å². The van der Waals surface area contributed by atoms with Gasteiger partial charge in [0, 0.05) is 11.1 Å². The smallest absolute Gasteiger partial charge is 0.104 e. The van der Waals surface area contributed by atoms with E-state index in [0.717, 1.165) is 33.4 Å². The van der Waals surface area contributed by atoms with Crippen LogP contribution in [0.5, 0.6) is 0 Å². The minimum atomic E-state index is 0. The lowest BCUT2D eigenvalue weighted by Gasteiger charge is -2.23. The minimum Gasteiger partial charge on any atom is -1.00 e. The van der Waals surface area contributed by atoms with Crippen molar-refractivity contribution in [1.29, 1.82) is 0 Å². The van der Waals surface area contributed by atoms with Gasteiger partial charge in [-0.15, -0.1) is 0 Å². The Balaban J connectivity index is 0.00000312. The fourth-order valence-electron chi connectivity index (χ4n) is 2.55. The highest BCUT2D eigenvalue weighted by atomic mass is 127. The van der Waals surface area contributed by atoms with Crippen LogP contribution in [0.4, 0.5) is 11.4 Å². The summed E-state index contributed by atoms with van der Waals surface area (Å²) in [5.74, 6) is 0. The monoisotopic (exact) mass is 580 g/mol. The van der Waals surface area contributed by atoms with Crippen LogP contribution < -0.4 is 48.0 Å². The second kappa shape index (κ2) is 10.7. The Labute approximate surface area is 192 Å². The molecule has 0 spiro atoms. The summed E-state index contributed by atoms with van der Waals surface area (Å²) in [6, 6.07) is 16.6. The van der Waals surface area contributed by atoms with Gasteiger partial charge >= 0.3 is 0 Å². The van der Waals surface area contributed by atoms with Crippen molar-refractivity contribution in [3.63, 3.8) is 0 Å². The molecule has 0 N–H and O–H groups in total. The van der Waals surface area contributed by atoms with Crippen molar-refractivity contribution in [2.45, 2.75) is 13.1 Å². The van der Waals surface area contributed by atoms with Crippen molar-refractivity contribution >= 4 is 11.4 Å². The van der Waals surface area contributed by atoms with E-state index in [4.69, 9.17) is 0 Å². The van der Waals surface area contributed by atoms with Crippen LogP contribution in [0.1, 0.15) is 11.1 Å². The number of benzene rings is 2. The van der Waals surface area contributed by atoms with Crippen LogP contribution in [0.25, 0.3) is 0 Å². The van der Waals surface area contributed by atoms with Gasteiger partial charge in [-0.05, 0) is 24.3 Å². The van der Waals surface area contributed by atoms with Crippen LogP contribution in [-0.2, 0) is 13.1 Å². The lowest BCUT2D eigenvalue weighted by atomic mass is 10.2. The first kappa shape index (κ1) is 25.4. The molecule has 0 fully saturated rings. The van der Waals surface area contributed by atoms with E-state index in [2.05, 4.69) is 76.8 Å². The lowest BCUT2D eigenvalue weighted by molar-refractivity contribution is -0.884. The number of quaternary nitrogens is 2. The summed E-state index contributed by atoms with van der Waals surface area (Å²) in [6.07, 6.45) is 0. The predicted molar refractivity (Wildman–Crippen MR) is 101 cm³/mol. The van der Waals surface area contributed by atoms with E-state index in [9.17, 15) is 0 Å². The van der Waals surface area contributed by atoms with Gasteiger partial charge < -0.3 is 56.9 Å². The quantitative estimate of drug-likeness (QED) is 0.227. The molecule has 0 aromatic heterocycles. The molecule has 2 rings (SSSR count). The van der Waals surface area contributed by atoms with Gasteiger partial charge in [0.2, 0.25) is 0 Å². The van der Waals surface area contributed by atoms with Crippen LogP contribution in [0.3, 0.4) is 0 Å². The SMILES string of the molecule is C[N+](C)(C)Cc1ccc(N=Nc2ccc(C[N+](C)(C)C)cc2)cc1.[I-].[I-]. The molecule has 0 aliphatic heterocycles. The Morgan fingerprint density at radius 3 is 1.04 bits per heavy atom. The maximum Gasteiger partial charge on any atom is 0.104 e. The van der Waals surface area contributed by atoms with Gasteiger partial charge in [0.15, 0.2) is 0 Å². The molecule has 0 atom stereocenters. The molecular formula is C20H30I2N4. The Hall–Kier alpha value is -0.580. The second-order valence-corrected chi connectivity index (χ2v) is 8.43. The number of rotatable bonds is 6. The van der Waals surface area contributed by atoms with Gasteiger partial charge in [0.1, 0.15) is 13.1 Å². The third-order valence-corrected chi connectivity index (χ3v) is 3.47. The molecule has 4 nitrogen and oxygen atoms in total. The fourth-order valence-corrected chi connectivity index (χ4v) is 2.55. The summed E-state index contributed by atoms with van der Waals surface area (Å²) < 4.78 is 1.83. The summed E-state index contributed by atoms with van der Waals surface area (Å²) in [5, 5.41) is 8.67. The van der Waals surface area contributed by atoms with Crippen molar-refractivity contribution in [1.82, 2.24) is 0 Å². The molecule has 0 radical (unpaired) electrons. The van der Waals surface area contributed by atoms with Crippen molar-refractivity contribution in [3.8, 4) is 0 Å². The summed E-state index contributed by atoms with van der Waals surface area (Å²) in [4.78, 5) is 0. The van der Waals surface area contributed by atoms with Gasteiger partial charge in [-0.25, -0.2) is 0 Å². The van der Waals surface area contributed by atoms with E-state index in [1.54, 1.807) is 0 Å². The molecular weight excluding hydrogens is 550 g/mol. The van der Waals surface area contributed by atoms with E-state index >= 15 is 0 Å². The average molecular weight is 580 g/mol. The first-order valence-electron chi connectivity index (χ1n) is 8.31. The van der Waals surface area contributed by atoms with E-state index in [-0.39, 0.29) is 48.0 Å². The normalized spacial score (nSPS) is 11.8. The van der Waals surface area contributed by atoms with Crippen molar-refractivity contribution < 1.29 is 56.9 Å². The van der Waals surface area contributed by atoms with Crippen LogP contribution in [-0.4, -0.2) is 51.3 Å². The molecule has 0 amide bonds. The highest BCUT2D eigenvalue weighted by Crippen LogP contribution is 2.20. The molecule has 0 aliphatic rings. The molecule has 2 aromatic rings. The molecule has 0 saturated heterocycles. The van der Waals surface area contributed by atoms with Crippen LogP contribution in [0.2, 0.25) is 0 Å². The maximum atomic E-state index is 4.33. The van der Waals surface area contributed by atoms with E-state index in [0.29, 0.717) is 0 Å². The van der Waals surface area contributed by atoms with Crippen LogP contribution in [0, 0.1) is 0 Å². The van der Waals surface area contributed by atoms with Crippen LogP contribution in [0.15, 0.2) is 58.8 Å². The average Bonchev–Trinajstić information content (AvgIpc) is 2.45. The Bertz CT molecular complexity index is 620. The summed E-state index contributed by atoms with van der Waals surface area (Å²) >= 11 is 0. The zero-order valence-corrected chi connectivity index (χ0v) is 20.9. The molecule has 0 heterocycles.